The van der Waals surface area contributed by atoms with Crippen LogP contribution in [-0.2, 0) is 26.2 Å². The molecule has 0 atom stereocenters. The van der Waals surface area contributed by atoms with Crippen molar-refractivity contribution in [1.29, 1.82) is 0 Å². The first-order chi connectivity index (χ1) is 24.2. The van der Waals surface area contributed by atoms with Crippen molar-refractivity contribution in [3.05, 3.63) is 120 Å². The van der Waals surface area contributed by atoms with Gasteiger partial charge in [-0.25, -0.2) is 0 Å². The minimum absolute atomic E-state index is 0.893. The molecular weight excluding hydrogens is 608 g/mol. The molecule has 2 aliphatic rings. The van der Waals surface area contributed by atoms with Gasteiger partial charge in [0.15, 0.2) is 0 Å². The lowest BCUT2D eigenvalue weighted by atomic mass is 10.3. The fourth-order valence-corrected chi connectivity index (χ4v) is 6.85. The lowest BCUT2D eigenvalue weighted by Gasteiger charge is -2.28. The highest BCUT2D eigenvalue weighted by Crippen LogP contribution is 2.11. The zero-order chi connectivity index (χ0) is 33.4. The second-order valence-electron chi connectivity index (χ2n) is 13.4. The van der Waals surface area contributed by atoms with Gasteiger partial charge in [-0.3, -0.25) is 39.5 Å². The Kier molecular flexibility index (Phi) is 14.0. The first-order valence-corrected chi connectivity index (χ1v) is 18.2. The topological polar surface area (TPSA) is 71.0 Å². The molecule has 0 spiro atoms. The van der Waals surface area contributed by atoms with E-state index in [4.69, 9.17) is 0 Å². The van der Waals surface area contributed by atoms with Crippen LogP contribution < -0.4 is 0 Å². The van der Waals surface area contributed by atoms with E-state index in [0.717, 1.165) is 141 Å². The predicted octanol–water partition coefficient (Wildman–Crippen LogP) is 3.60. The molecule has 2 saturated heterocycles. The van der Waals surface area contributed by atoms with Crippen LogP contribution in [0.3, 0.4) is 0 Å². The average molecular weight is 663 g/mol. The number of aromatic nitrogens is 4. The van der Waals surface area contributed by atoms with Crippen LogP contribution in [0.4, 0.5) is 0 Å². The third kappa shape index (κ3) is 12.3. The summed E-state index contributed by atoms with van der Waals surface area (Å²) in [5, 5.41) is 0. The molecular formula is C39H54N10. The molecule has 4 aromatic rings. The Balaban J connectivity index is 1.06. The molecule has 49 heavy (non-hydrogen) atoms. The molecule has 2 aliphatic heterocycles. The first kappa shape index (κ1) is 35.2. The van der Waals surface area contributed by atoms with Crippen molar-refractivity contribution < 1.29 is 0 Å². The maximum Gasteiger partial charge on any atom is 0.0543 e. The summed E-state index contributed by atoms with van der Waals surface area (Å²) in [6.45, 7) is 18.5. The van der Waals surface area contributed by atoms with Gasteiger partial charge in [0.1, 0.15) is 0 Å². The monoisotopic (exact) mass is 662 g/mol. The SMILES string of the molecule is c1ccc(CN2CCN(CCCN3CCN(Cc4ccccn4)CCN(Cc4ccccn4)CC3)CCN(Cc3ccccn3)CC2)nc1. The van der Waals surface area contributed by atoms with Gasteiger partial charge >= 0.3 is 0 Å². The fourth-order valence-electron chi connectivity index (χ4n) is 6.85. The summed E-state index contributed by atoms with van der Waals surface area (Å²) < 4.78 is 0. The Bertz CT molecular complexity index is 1230. The van der Waals surface area contributed by atoms with Gasteiger partial charge < -0.3 is 9.80 Å². The Morgan fingerprint density at radius 2 is 0.571 bits per heavy atom. The summed E-state index contributed by atoms with van der Waals surface area (Å²) >= 11 is 0. The third-order valence-corrected chi connectivity index (χ3v) is 9.79. The average Bonchev–Trinajstić information content (AvgIpc) is 3.29. The fraction of sp³-hybridized carbons (Fsp3) is 0.487. The van der Waals surface area contributed by atoms with Crippen molar-refractivity contribution >= 4 is 0 Å². The normalized spacial score (nSPS) is 18.9. The summed E-state index contributed by atoms with van der Waals surface area (Å²) in [5.41, 5.74) is 4.58. The Morgan fingerprint density at radius 3 is 0.796 bits per heavy atom. The van der Waals surface area contributed by atoms with E-state index in [2.05, 4.69) is 97.9 Å². The van der Waals surface area contributed by atoms with E-state index in [-0.39, 0.29) is 0 Å². The minimum Gasteiger partial charge on any atom is -0.301 e. The summed E-state index contributed by atoms with van der Waals surface area (Å²) in [5.74, 6) is 0. The second kappa shape index (κ2) is 19.5. The standard InChI is InChI=1S/C39H54N10/c1-5-14-40-36(10-1)32-46-24-20-44(21-25-47(29-28-46)33-37-11-2-6-15-41-37)18-9-19-45-22-26-48(34-38-12-3-7-16-42-38)30-31-49(27-23-45)35-39-13-4-8-17-43-39/h1-8,10-17H,9,18-35H2. The van der Waals surface area contributed by atoms with Gasteiger partial charge in [0.2, 0.25) is 0 Å². The van der Waals surface area contributed by atoms with E-state index < -0.39 is 0 Å². The predicted molar refractivity (Wildman–Crippen MR) is 196 cm³/mol. The van der Waals surface area contributed by atoms with Crippen LogP contribution in [0.1, 0.15) is 29.2 Å². The summed E-state index contributed by atoms with van der Waals surface area (Å²) in [4.78, 5) is 34.3. The molecule has 0 bridgehead atoms. The van der Waals surface area contributed by atoms with E-state index >= 15 is 0 Å². The van der Waals surface area contributed by atoms with E-state index in [9.17, 15) is 0 Å². The molecule has 260 valence electrons. The van der Waals surface area contributed by atoms with Crippen LogP contribution in [0.5, 0.6) is 0 Å². The number of hydrogen-bond donors (Lipinski definition) is 0. The smallest absolute Gasteiger partial charge is 0.0543 e. The third-order valence-electron chi connectivity index (χ3n) is 9.79. The van der Waals surface area contributed by atoms with Gasteiger partial charge in [0, 0.05) is 130 Å². The second-order valence-corrected chi connectivity index (χ2v) is 13.4. The highest BCUT2D eigenvalue weighted by Gasteiger charge is 2.20. The van der Waals surface area contributed by atoms with Crippen LogP contribution in [0, 0.1) is 0 Å². The maximum absolute atomic E-state index is 4.64. The van der Waals surface area contributed by atoms with Crippen LogP contribution in [-0.4, -0.2) is 141 Å². The molecule has 0 aliphatic carbocycles. The molecule has 2 fully saturated rings. The summed E-state index contributed by atoms with van der Waals surface area (Å²) in [6, 6.07) is 25.0. The number of rotatable bonds is 12. The first-order valence-electron chi connectivity index (χ1n) is 18.2. The van der Waals surface area contributed by atoms with Gasteiger partial charge in [0.05, 0.1) is 22.8 Å². The Morgan fingerprint density at radius 1 is 0.327 bits per heavy atom. The molecule has 0 aromatic carbocycles. The van der Waals surface area contributed by atoms with Gasteiger partial charge in [-0.15, -0.1) is 0 Å². The van der Waals surface area contributed by atoms with E-state index in [1.807, 2.05) is 49.1 Å². The molecule has 6 rings (SSSR count). The Hall–Kier alpha value is -3.64. The number of nitrogens with zero attached hydrogens (tertiary/aromatic N) is 10. The van der Waals surface area contributed by atoms with Gasteiger partial charge in [0.25, 0.3) is 0 Å². The highest BCUT2D eigenvalue weighted by molar-refractivity contribution is 5.06. The molecule has 0 saturated carbocycles. The Labute approximate surface area is 293 Å². The van der Waals surface area contributed by atoms with Gasteiger partial charge in [-0.1, -0.05) is 24.3 Å². The number of hydrogen-bond acceptors (Lipinski definition) is 10. The van der Waals surface area contributed by atoms with Gasteiger partial charge in [-0.05, 0) is 68.0 Å². The maximum atomic E-state index is 4.64. The zero-order valence-electron chi connectivity index (χ0n) is 29.1. The molecule has 0 unspecified atom stereocenters. The molecule has 10 nitrogen and oxygen atoms in total. The van der Waals surface area contributed by atoms with E-state index in [1.54, 1.807) is 0 Å². The van der Waals surface area contributed by atoms with Crippen molar-refractivity contribution in [3.8, 4) is 0 Å². The van der Waals surface area contributed by atoms with Crippen molar-refractivity contribution in [2.75, 3.05) is 91.6 Å². The van der Waals surface area contributed by atoms with E-state index in [1.165, 1.54) is 6.42 Å². The lowest BCUT2D eigenvalue weighted by Crippen LogP contribution is -2.40. The molecule has 6 heterocycles. The van der Waals surface area contributed by atoms with Crippen molar-refractivity contribution in [2.24, 2.45) is 0 Å². The van der Waals surface area contributed by atoms with Crippen molar-refractivity contribution in [1.82, 2.24) is 49.3 Å². The quantitative estimate of drug-likeness (QED) is 0.225. The van der Waals surface area contributed by atoms with Crippen LogP contribution in [0.2, 0.25) is 0 Å². The lowest BCUT2D eigenvalue weighted by molar-refractivity contribution is 0.182. The van der Waals surface area contributed by atoms with Crippen LogP contribution >= 0.6 is 0 Å². The van der Waals surface area contributed by atoms with Gasteiger partial charge in [-0.2, -0.15) is 0 Å². The minimum atomic E-state index is 0.893. The zero-order valence-corrected chi connectivity index (χ0v) is 29.1. The van der Waals surface area contributed by atoms with Crippen LogP contribution in [0.25, 0.3) is 0 Å². The molecule has 0 radical (unpaired) electrons. The van der Waals surface area contributed by atoms with Crippen molar-refractivity contribution in [2.45, 2.75) is 32.6 Å². The molecule has 0 amide bonds. The van der Waals surface area contributed by atoms with E-state index in [0.29, 0.717) is 0 Å². The van der Waals surface area contributed by atoms with Crippen LogP contribution in [0.15, 0.2) is 97.6 Å². The molecule has 0 N–H and O–H groups in total. The summed E-state index contributed by atoms with van der Waals surface area (Å²) in [7, 11) is 0. The molecule has 4 aromatic heterocycles. The van der Waals surface area contributed by atoms with Crippen molar-refractivity contribution in [3.63, 3.8) is 0 Å². The molecule has 10 heteroatoms. The number of pyridine rings is 4. The largest absolute Gasteiger partial charge is 0.301 e. The summed E-state index contributed by atoms with van der Waals surface area (Å²) in [6.07, 6.45) is 8.81. The highest BCUT2D eigenvalue weighted by atomic mass is 15.3.